The van der Waals surface area contributed by atoms with Crippen LogP contribution >= 0.6 is 12.4 Å². The Labute approximate surface area is 95.1 Å². The molecule has 1 aromatic heterocycles. The Morgan fingerprint density at radius 2 is 2.40 bits per heavy atom. The first-order valence-corrected chi connectivity index (χ1v) is 4.67. The third-order valence-electron chi connectivity index (χ3n) is 2.43. The third-order valence-corrected chi connectivity index (χ3v) is 2.43. The maximum absolute atomic E-state index is 8.90. The van der Waals surface area contributed by atoms with Gasteiger partial charge in [-0.2, -0.15) is 5.26 Å². The quantitative estimate of drug-likeness (QED) is 0.770. The molecule has 1 aromatic rings. The molecule has 0 radical (unpaired) electrons. The van der Waals surface area contributed by atoms with Crippen LogP contribution in [-0.4, -0.2) is 24.1 Å². The van der Waals surface area contributed by atoms with E-state index >= 15 is 0 Å². The van der Waals surface area contributed by atoms with E-state index < -0.39 is 0 Å². The summed E-state index contributed by atoms with van der Waals surface area (Å²) in [5.74, 6) is 0.767. The number of aromatic nitrogens is 1. The van der Waals surface area contributed by atoms with Gasteiger partial charge < -0.3 is 10.6 Å². The Hall–Kier alpha value is -1.31. The van der Waals surface area contributed by atoms with Crippen molar-refractivity contribution in [3.63, 3.8) is 0 Å². The first-order chi connectivity index (χ1) is 6.81. The highest BCUT2D eigenvalue weighted by Gasteiger charge is 2.21. The minimum atomic E-state index is 0. The zero-order chi connectivity index (χ0) is 9.97. The second-order valence-electron chi connectivity index (χ2n) is 3.48. The summed E-state index contributed by atoms with van der Waals surface area (Å²) in [7, 11) is 0. The second-order valence-corrected chi connectivity index (χ2v) is 3.48. The van der Waals surface area contributed by atoms with Crippen LogP contribution in [0.15, 0.2) is 18.3 Å². The number of halogens is 1. The van der Waals surface area contributed by atoms with Gasteiger partial charge in [0.2, 0.25) is 0 Å². The summed E-state index contributed by atoms with van der Waals surface area (Å²) < 4.78 is 0. The molecular weight excluding hydrogens is 212 g/mol. The number of hydrogen-bond donors (Lipinski definition) is 1. The fraction of sp³-hybridized carbons (Fsp3) is 0.400. The monoisotopic (exact) mass is 224 g/mol. The Morgan fingerprint density at radius 3 is 3.00 bits per heavy atom. The van der Waals surface area contributed by atoms with Crippen LogP contribution in [-0.2, 0) is 0 Å². The number of nitriles is 1. The molecule has 0 saturated carbocycles. The van der Waals surface area contributed by atoms with E-state index in [0.29, 0.717) is 5.56 Å². The van der Waals surface area contributed by atoms with Gasteiger partial charge in [-0.15, -0.1) is 12.4 Å². The Balaban J connectivity index is 0.00000112. The average molecular weight is 225 g/mol. The lowest BCUT2D eigenvalue weighted by Crippen LogP contribution is -2.27. The molecule has 1 unspecified atom stereocenters. The van der Waals surface area contributed by atoms with Gasteiger partial charge in [-0.05, 0) is 18.6 Å². The van der Waals surface area contributed by atoms with Crippen molar-refractivity contribution < 1.29 is 0 Å². The molecule has 2 rings (SSSR count). The van der Waals surface area contributed by atoms with Crippen molar-refractivity contribution in [3.05, 3.63) is 23.9 Å². The first kappa shape index (κ1) is 11.8. The maximum Gasteiger partial charge on any atom is 0.146 e. The van der Waals surface area contributed by atoms with E-state index in [4.69, 9.17) is 11.0 Å². The summed E-state index contributed by atoms with van der Waals surface area (Å²) in [6.07, 6.45) is 2.68. The predicted octanol–water partition coefficient (Wildman–Crippen LogP) is 0.912. The Morgan fingerprint density at radius 1 is 1.60 bits per heavy atom. The number of pyridine rings is 1. The van der Waals surface area contributed by atoms with Gasteiger partial charge in [-0.1, -0.05) is 0 Å². The van der Waals surface area contributed by atoms with Gasteiger partial charge in [-0.25, -0.2) is 4.98 Å². The number of rotatable bonds is 1. The molecule has 1 atom stereocenters. The van der Waals surface area contributed by atoms with Crippen LogP contribution < -0.4 is 10.6 Å². The lowest BCUT2D eigenvalue weighted by Gasteiger charge is -2.17. The van der Waals surface area contributed by atoms with Gasteiger partial charge in [0.05, 0.1) is 5.56 Å². The van der Waals surface area contributed by atoms with Crippen LogP contribution in [0.1, 0.15) is 12.0 Å². The first-order valence-electron chi connectivity index (χ1n) is 4.67. The van der Waals surface area contributed by atoms with Crippen LogP contribution in [0.25, 0.3) is 0 Å². The molecule has 0 amide bonds. The molecule has 80 valence electrons. The topological polar surface area (TPSA) is 65.9 Å². The van der Waals surface area contributed by atoms with Crippen LogP contribution in [0, 0.1) is 11.3 Å². The van der Waals surface area contributed by atoms with Crippen LogP contribution in [0.3, 0.4) is 0 Å². The van der Waals surface area contributed by atoms with Gasteiger partial charge in [0.15, 0.2) is 0 Å². The molecule has 1 fully saturated rings. The predicted molar refractivity (Wildman–Crippen MR) is 61.0 cm³/mol. The minimum Gasteiger partial charge on any atom is -0.354 e. The smallest absolute Gasteiger partial charge is 0.146 e. The molecule has 1 aliphatic rings. The molecule has 4 nitrogen and oxygen atoms in total. The van der Waals surface area contributed by atoms with Crippen LogP contribution in [0.4, 0.5) is 5.82 Å². The molecule has 0 aliphatic carbocycles. The molecule has 1 aliphatic heterocycles. The van der Waals surface area contributed by atoms with E-state index in [1.807, 2.05) is 0 Å². The van der Waals surface area contributed by atoms with Crippen molar-refractivity contribution in [1.29, 1.82) is 5.26 Å². The van der Waals surface area contributed by atoms with E-state index in [0.717, 1.165) is 25.3 Å². The van der Waals surface area contributed by atoms with Gasteiger partial charge in [0, 0.05) is 25.3 Å². The van der Waals surface area contributed by atoms with E-state index in [1.165, 1.54) is 0 Å². The average Bonchev–Trinajstić information content (AvgIpc) is 2.65. The standard InChI is InChI=1S/C10H12N4.ClH/c11-6-8-2-1-4-13-10(8)14-5-3-9(12)7-14;/h1-2,4,9H,3,5,7,12H2;1H. The molecule has 2 N–H and O–H groups in total. The summed E-state index contributed by atoms with van der Waals surface area (Å²) in [6.45, 7) is 1.69. The summed E-state index contributed by atoms with van der Waals surface area (Å²) in [6, 6.07) is 5.91. The molecule has 0 aromatic carbocycles. The summed E-state index contributed by atoms with van der Waals surface area (Å²) in [5.41, 5.74) is 6.43. The fourth-order valence-electron chi connectivity index (χ4n) is 1.72. The van der Waals surface area contributed by atoms with Crippen molar-refractivity contribution in [3.8, 4) is 6.07 Å². The van der Waals surface area contributed by atoms with E-state index in [1.54, 1.807) is 18.3 Å². The number of anilines is 1. The second kappa shape index (κ2) is 4.96. The van der Waals surface area contributed by atoms with Gasteiger partial charge in [-0.3, -0.25) is 0 Å². The molecular formula is C10H13ClN4. The van der Waals surface area contributed by atoms with Crippen LogP contribution in [0.5, 0.6) is 0 Å². The Bertz CT molecular complexity index is 374. The van der Waals surface area contributed by atoms with Gasteiger partial charge in [0.1, 0.15) is 11.9 Å². The van der Waals surface area contributed by atoms with E-state index in [9.17, 15) is 0 Å². The third kappa shape index (κ3) is 2.38. The van der Waals surface area contributed by atoms with Gasteiger partial charge >= 0.3 is 0 Å². The normalized spacial score (nSPS) is 19.5. The maximum atomic E-state index is 8.90. The van der Waals surface area contributed by atoms with E-state index in [-0.39, 0.29) is 18.4 Å². The van der Waals surface area contributed by atoms with Crippen molar-refractivity contribution in [2.24, 2.45) is 5.73 Å². The number of nitrogens with zero attached hydrogens (tertiary/aromatic N) is 3. The molecule has 2 heterocycles. The zero-order valence-corrected chi connectivity index (χ0v) is 9.07. The largest absolute Gasteiger partial charge is 0.354 e. The summed E-state index contributed by atoms with van der Waals surface area (Å²) in [5, 5.41) is 8.90. The molecule has 0 bridgehead atoms. The number of nitrogens with two attached hydrogens (primary N) is 1. The molecule has 15 heavy (non-hydrogen) atoms. The molecule has 5 heteroatoms. The highest BCUT2D eigenvalue weighted by molar-refractivity contribution is 5.85. The van der Waals surface area contributed by atoms with E-state index in [2.05, 4.69) is 16.0 Å². The van der Waals surface area contributed by atoms with Crippen molar-refractivity contribution >= 4 is 18.2 Å². The van der Waals surface area contributed by atoms with Crippen molar-refractivity contribution in [2.75, 3.05) is 18.0 Å². The molecule has 0 spiro atoms. The lowest BCUT2D eigenvalue weighted by atomic mass is 10.2. The fourth-order valence-corrected chi connectivity index (χ4v) is 1.72. The van der Waals surface area contributed by atoms with Crippen LogP contribution in [0.2, 0.25) is 0 Å². The molecule has 1 saturated heterocycles. The Kier molecular flexibility index (Phi) is 3.89. The summed E-state index contributed by atoms with van der Waals surface area (Å²) in [4.78, 5) is 6.29. The van der Waals surface area contributed by atoms with Crippen molar-refractivity contribution in [2.45, 2.75) is 12.5 Å². The van der Waals surface area contributed by atoms with Gasteiger partial charge in [0.25, 0.3) is 0 Å². The highest BCUT2D eigenvalue weighted by Crippen LogP contribution is 2.20. The number of hydrogen-bond acceptors (Lipinski definition) is 4. The lowest BCUT2D eigenvalue weighted by molar-refractivity contribution is 0.751. The SMILES string of the molecule is Cl.N#Cc1cccnc1N1CCC(N)C1. The zero-order valence-electron chi connectivity index (χ0n) is 8.26. The summed E-state index contributed by atoms with van der Waals surface area (Å²) >= 11 is 0. The van der Waals surface area contributed by atoms with Crippen molar-refractivity contribution in [1.82, 2.24) is 4.98 Å². The minimum absolute atomic E-state index is 0. The highest BCUT2D eigenvalue weighted by atomic mass is 35.5.